The van der Waals surface area contributed by atoms with Crippen molar-refractivity contribution in [2.45, 2.75) is 13.8 Å². The Hall–Kier alpha value is -2.77. The number of nitro benzene ring substituents is 1. The maximum absolute atomic E-state index is 11.4. The normalized spacial score (nSPS) is 10.6. The average Bonchev–Trinajstić information content (AvgIpc) is 2.44. The van der Waals surface area contributed by atoms with E-state index in [2.05, 4.69) is 10.4 Å². The number of carbonyl (C=O) groups is 2. The zero-order valence-corrected chi connectivity index (χ0v) is 11.7. The Balaban J connectivity index is 2.61. The second kappa shape index (κ2) is 7.73. The molecule has 112 valence electrons. The smallest absolute Gasteiger partial charge is 0.329 e. The van der Waals surface area contributed by atoms with Gasteiger partial charge >= 0.3 is 11.8 Å². The fraction of sp³-hybridized carbons (Fsp3) is 0.308. The van der Waals surface area contributed by atoms with Gasteiger partial charge in [-0.05, 0) is 12.0 Å². The minimum absolute atomic E-state index is 0.139. The summed E-state index contributed by atoms with van der Waals surface area (Å²) in [7, 11) is 0. The molecular weight excluding hydrogens is 276 g/mol. The topological polar surface area (TPSA) is 114 Å². The van der Waals surface area contributed by atoms with Gasteiger partial charge in [-0.15, -0.1) is 0 Å². The third-order valence-corrected chi connectivity index (χ3v) is 2.38. The number of para-hydroxylation sites is 1. The van der Waals surface area contributed by atoms with Gasteiger partial charge in [0.05, 0.1) is 16.7 Å². The van der Waals surface area contributed by atoms with Gasteiger partial charge in [-0.2, -0.15) is 5.10 Å². The van der Waals surface area contributed by atoms with Gasteiger partial charge in [-0.1, -0.05) is 26.0 Å². The van der Waals surface area contributed by atoms with Crippen molar-refractivity contribution >= 4 is 23.7 Å². The first-order chi connectivity index (χ1) is 9.91. The summed E-state index contributed by atoms with van der Waals surface area (Å²) in [5, 5.41) is 16.7. The number of carbonyl (C=O) groups excluding carboxylic acids is 2. The first-order valence-electron chi connectivity index (χ1n) is 6.26. The molecule has 0 unspecified atom stereocenters. The van der Waals surface area contributed by atoms with Crippen LogP contribution in [0.3, 0.4) is 0 Å². The van der Waals surface area contributed by atoms with E-state index in [1.165, 1.54) is 18.2 Å². The van der Waals surface area contributed by atoms with E-state index in [0.717, 1.165) is 6.21 Å². The van der Waals surface area contributed by atoms with Crippen LogP contribution < -0.4 is 10.7 Å². The van der Waals surface area contributed by atoms with Crippen molar-refractivity contribution in [1.29, 1.82) is 0 Å². The molecule has 0 spiro atoms. The zero-order valence-electron chi connectivity index (χ0n) is 11.7. The Labute approximate surface area is 121 Å². The number of hydrazone groups is 1. The van der Waals surface area contributed by atoms with E-state index < -0.39 is 16.7 Å². The molecule has 0 saturated heterocycles. The quantitative estimate of drug-likeness (QED) is 0.362. The van der Waals surface area contributed by atoms with E-state index >= 15 is 0 Å². The number of amides is 2. The largest absolute Gasteiger partial charge is 0.348 e. The predicted octanol–water partition coefficient (Wildman–Crippen LogP) is 0.817. The van der Waals surface area contributed by atoms with Crippen molar-refractivity contribution < 1.29 is 14.5 Å². The van der Waals surface area contributed by atoms with Gasteiger partial charge in [0, 0.05) is 12.6 Å². The molecule has 0 heterocycles. The lowest BCUT2D eigenvalue weighted by Crippen LogP contribution is -2.39. The Morgan fingerprint density at radius 2 is 2.00 bits per heavy atom. The number of benzene rings is 1. The summed E-state index contributed by atoms with van der Waals surface area (Å²) >= 11 is 0. The van der Waals surface area contributed by atoms with E-state index in [1.807, 2.05) is 19.3 Å². The molecule has 0 aliphatic heterocycles. The Morgan fingerprint density at radius 1 is 1.33 bits per heavy atom. The third kappa shape index (κ3) is 5.39. The van der Waals surface area contributed by atoms with Gasteiger partial charge in [0.1, 0.15) is 0 Å². The standard InChI is InChI=1S/C13H16N4O4/c1-9(2)7-14-12(18)13(19)16-15-8-10-5-3-4-6-11(10)17(20)21/h3-6,8-9H,7H2,1-2H3,(H,14,18)(H,16,19)/b15-8-. The minimum Gasteiger partial charge on any atom is -0.348 e. The van der Waals surface area contributed by atoms with Crippen LogP contribution in [0.2, 0.25) is 0 Å². The number of nitro groups is 1. The van der Waals surface area contributed by atoms with Crippen LogP contribution >= 0.6 is 0 Å². The van der Waals surface area contributed by atoms with Crippen molar-refractivity contribution in [3.63, 3.8) is 0 Å². The van der Waals surface area contributed by atoms with Gasteiger partial charge in [0.25, 0.3) is 5.69 Å². The first-order valence-corrected chi connectivity index (χ1v) is 6.26. The Bertz CT molecular complexity index is 569. The Kier molecular flexibility index (Phi) is 5.99. The van der Waals surface area contributed by atoms with E-state index in [0.29, 0.717) is 6.54 Å². The molecule has 0 fully saturated rings. The maximum Gasteiger partial charge on any atom is 0.329 e. The highest BCUT2D eigenvalue weighted by molar-refractivity contribution is 6.35. The summed E-state index contributed by atoms with van der Waals surface area (Å²) in [6, 6.07) is 5.92. The molecule has 1 rings (SSSR count). The monoisotopic (exact) mass is 292 g/mol. The van der Waals surface area contributed by atoms with Crippen LogP contribution in [0.1, 0.15) is 19.4 Å². The predicted molar refractivity (Wildman–Crippen MR) is 76.7 cm³/mol. The molecule has 2 amide bonds. The van der Waals surface area contributed by atoms with E-state index in [4.69, 9.17) is 0 Å². The fourth-order valence-electron chi connectivity index (χ4n) is 1.35. The van der Waals surface area contributed by atoms with Gasteiger partial charge in [-0.25, -0.2) is 5.43 Å². The lowest BCUT2D eigenvalue weighted by Gasteiger charge is -2.05. The van der Waals surface area contributed by atoms with Crippen molar-refractivity contribution in [2.24, 2.45) is 11.0 Å². The summed E-state index contributed by atoms with van der Waals surface area (Å²) in [6.07, 6.45) is 1.12. The average molecular weight is 292 g/mol. The molecule has 1 aromatic carbocycles. The van der Waals surface area contributed by atoms with E-state index in [1.54, 1.807) is 6.07 Å². The van der Waals surface area contributed by atoms with Crippen molar-refractivity contribution in [2.75, 3.05) is 6.54 Å². The first kappa shape index (κ1) is 16.3. The summed E-state index contributed by atoms with van der Waals surface area (Å²) < 4.78 is 0. The molecule has 8 heteroatoms. The van der Waals surface area contributed by atoms with Crippen molar-refractivity contribution in [1.82, 2.24) is 10.7 Å². The van der Waals surface area contributed by atoms with Gasteiger partial charge in [0.2, 0.25) is 0 Å². The molecular formula is C13H16N4O4. The summed E-state index contributed by atoms with van der Waals surface area (Å²) in [6.45, 7) is 4.16. The van der Waals surface area contributed by atoms with Crippen LogP contribution in [0, 0.1) is 16.0 Å². The summed E-state index contributed by atoms with van der Waals surface area (Å²) in [5.41, 5.74) is 2.10. The molecule has 0 aliphatic carbocycles. The van der Waals surface area contributed by atoms with Crippen LogP contribution in [-0.2, 0) is 9.59 Å². The maximum atomic E-state index is 11.4. The number of hydrogen-bond donors (Lipinski definition) is 2. The second-order valence-electron chi connectivity index (χ2n) is 4.62. The Morgan fingerprint density at radius 3 is 2.62 bits per heavy atom. The third-order valence-electron chi connectivity index (χ3n) is 2.38. The SMILES string of the molecule is CC(C)CNC(=O)C(=O)N/N=C\c1ccccc1[N+](=O)[O-]. The second-order valence-corrected chi connectivity index (χ2v) is 4.62. The van der Waals surface area contributed by atoms with Crippen LogP contribution in [0.25, 0.3) is 0 Å². The van der Waals surface area contributed by atoms with E-state index in [9.17, 15) is 19.7 Å². The van der Waals surface area contributed by atoms with Crippen LogP contribution in [0.5, 0.6) is 0 Å². The minimum atomic E-state index is -0.925. The number of rotatable bonds is 5. The summed E-state index contributed by atoms with van der Waals surface area (Å²) in [5.74, 6) is -1.51. The van der Waals surface area contributed by atoms with Crippen LogP contribution in [-0.4, -0.2) is 29.5 Å². The molecule has 0 saturated carbocycles. The van der Waals surface area contributed by atoms with Gasteiger partial charge in [-0.3, -0.25) is 19.7 Å². The molecule has 8 nitrogen and oxygen atoms in total. The molecule has 0 atom stereocenters. The molecule has 0 aliphatic rings. The highest BCUT2D eigenvalue weighted by atomic mass is 16.6. The highest BCUT2D eigenvalue weighted by Crippen LogP contribution is 2.14. The van der Waals surface area contributed by atoms with E-state index in [-0.39, 0.29) is 17.2 Å². The van der Waals surface area contributed by atoms with Crippen molar-refractivity contribution in [3.8, 4) is 0 Å². The van der Waals surface area contributed by atoms with Crippen LogP contribution in [0.4, 0.5) is 5.69 Å². The molecule has 0 bridgehead atoms. The zero-order chi connectivity index (χ0) is 15.8. The fourth-order valence-corrected chi connectivity index (χ4v) is 1.35. The highest BCUT2D eigenvalue weighted by Gasteiger charge is 2.13. The molecule has 1 aromatic rings. The van der Waals surface area contributed by atoms with Crippen LogP contribution in [0.15, 0.2) is 29.4 Å². The number of nitrogens with one attached hydrogen (secondary N) is 2. The molecule has 0 aromatic heterocycles. The molecule has 21 heavy (non-hydrogen) atoms. The lowest BCUT2D eigenvalue weighted by atomic mass is 10.2. The molecule has 2 N–H and O–H groups in total. The number of nitrogens with zero attached hydrogens (tertiary/aromatic N) is 2. The van der Waals surface area contributed by atoms with Gasteiger partial charge in [0.15, 0.2) is 0 Å². The number of hydrogen-bond acceptors (Lipinski definition) is 5. The molecule has 0 radical (unpaired) electrons. The van der Waals surface area contributed by atoms with Crippen molar-refractivity contribution in [3.05, 3.63) is 39.9 Å². The summed E-state index contributed by atoms with van der Waals surface area (Å²) in [4.78, 5) is 33.0. The van der Waals surface area contributed by atoms with Gasteiger partial charge < -0.3 is 5.32 Å². The lowest BCUT2D eigenvalue weighted by molar-refractivity contribution is -0.385.